The highest BCUT2D eigenvalue weighted by Crippen LogP contribution is 2.37. The van der Waals surface area contributed by atoms with Crippen molar-refractivity contribution in [1.82, 2.24) is 4.90 Å². The number of carbonyl (C=O) groups is 3. The van der Waals surface area contributed by atoms with Crippen molar-refractivity contribution in [3.63, 3.8) is 0 Å². The molecule has 106 valence electrons. The Morgan fingerprint density at radius 3 is 2.30 bits per heavy atom. The first-order valence-corrected chi connectivity index (χ1v) is 6.10. The molecule has 1 aliphatic carbocycles. The SMILES string of the molecule is CC=CN1C(=O)C2C=CC1C(C(=O)OC)=C2C(=O)OC. The first-order chi connectivity index (χ1) is 9.56. The molecule has 20 heavy (non-hydrogen) atoms. The minimum absolute atomic E-state index is 0.0672. The minimum Gasteiger partial charge on any atom is -0.466 e. The predicted octanol–water partition coefficient (Wildman–Crippen LogP) is 0.559. The summed E-state index contributed by atoms with van der Waals surface area (Å²) >= 11 is 0. The molecule has 3 aliphatic rings. The molecule has 0 fully saturated rings. The van der Waals surface area contributed by atoms with Crippen LogP contribution in [0.2, 0.25) is 0 Å². The highest BCUT2D eigenvalue weighted by molar-refractivity contribution is 6.09. The average Bonchev–Trinajstić information content (AvgIpc) is 2.48. The van der Waals surface area contributed by atoms with Crippen molar-refractivity contribution in [2.45, 2.75) is 13.0 Å². The van der Waals surface area contributed by atoms with Crippen molar-refractivity contribution in [3.05, 3.63) is 35.6 Å². The number of methoxy groups -OCH3 is 2. The summed E-state index contributed by atoms with van der Waals surface area (Å²) < 4.78 is 9.41. The number of ether oxygens (including phenoxy) is 2. The summed E-state index contributed by atoms with van der Waals surface area (Å²) in [6.45, 7) is 1.77. The maximum atomic E-state index is 12.3. The molecule has 0 radical (unpaired) electrons. The Morgan fingerprint density at radius 2 is 1.75 bits per heavy atom. The van der Waals surface area contributed by atoms with Gasteiger partial charge in [0, 0.05) is 6.20 Å². The van der Waals surface area contributed by atoms with Crippen LogP contribution < -0.4 is 0 Å². The Labute approximate surface area is 116 Å². The van der Waals surface area contributed by atoms with E-state index in [-0.39, 0.29) is 17.1 Å². The molecule has 6 nitrogen and oxygen atoms in total. The summed E-state index contributed by atoms with van der Waals surface area (Å²) in [6, 6.07) is -0.634. The molecular weight excluding hydrogens is 262 g/mol. The van der Waals surface area contributed by atoms with Crippen LogP contribution in [0.3, 0.4) is 0 Å². The van der Waals surface area contributed by atoms with Gasteiger partial charge in [0.15, 0.2) is 0 Å². The molecule has 1 amide bonds. The molecule has 2 atom stereocenters. The van der Waals surface area contributed by atoms with Gasteiger partial charge in [0.25, 0.3) is 0 Å². The van der Waals surface area contributed by atoms with Crippen LogP contribution in [0.15, 0.2) is 35.6 Å². The van der Waals surface area contributed by atoms with Crippen molar-refractivity contribution >= 4 is 17.8 Å². The van der Waals surface area contributed by atoms with Crippen LogP contribution in [0.25, 0.3) is 0 Å². The van der Waals surface area contributed by atoms with Gasteiger partial charge < -0.3 is 14.4 Å². The van der Waals surface area contributed by atoms with E-state index in [2.05, 4.69) is 4.74 Å². The number of hydrogen-bond donors (Lipinski definition) is 0. The maximum absolute atomic E-state index is 12.3. The van der Waals surface area contributed by atoms with E-state index < -0.39 is 23.9 Å². The molecule has 0 aromatic heterocycles. The van der Waals surface area contributed by atoms with Gasteiger partial charge in [-0.1, -0.05) is 18.2 Å². The van der Waals surface area contributed by atoms with E-state index in [1.54, 1.807) is 31.4 Å². The minimum atomic E-state index is -0.808. The zero-order valence-corrected chi connectivity index (χ0v) is 11.5. The average molecular weight is 277 g/mol. The lowest BCUT2D eigenvalue weighted by molar-refractivity contribution is -0.144. The van der Waals surface area contributed by atoms with E-state index in [0.29, 0.717) is 0 Å². The number of allylic oxidation sites excluding steroid dienone is 1. The number of rotatable bonds is 3. The lowest BCUT2D eigenvalue weighted by Crippen LogP contribution is -2.51. The second kappa shape index (κ2) is 5.32. The molecule has 0 spiro atoms. The van der Waals surface area contributed by atoms with Crippen LogP contribution in [0.4, 0.5) is 0 Å². The molecule has 0 saturated heterocycles. The van der Waals surface area contributed by atoms with E-state index in [4.69, 9.17) is 4.74 Å². The standard InChI is InChI=1S/C14H15NO5/c1-4-7-15-9-6-5-8(12(15)16)10(13(17)19-2)11(9)14(18)20-3/h4-9H,1-3H3. The topological polar surface area (TPSA) is 72.9 Å². The van der Waals surface area contributed by atoms with E-state index in [0.717, 1.165) is 0 Å². The van der Waals surface area contributed by atoms with Gasteiger partial charge >= 0.3 is 11.9 Å². The van der Waals surface area contributed by atoms with E-state index in [9.17, 15) is 14.4 Å². The van der Waals surface area contributed by atoms with Crippen LogP contribution >= 0.6 is 0 Å². The number of carbonyl (C=O) groups excluding carboxylic acids is 3. The van der Waals surface area contributed by atoms with Crippen molar-refractivity contribution in [2.24, 2.45) is 5.92 Å². The number of fused-ring (bicyclic) bond motifs is 1. The first kappa shape index (κ1) is 14.0. The van der Waals surface area contributed by atoms with Crippen LogP contribution in [0.5, 0.6) is 0 Å². The Bertz CT molecular complexity index is 558. The number of amides is 1. The van der Waals surface area contributed by atoms with Gasteiger partial charge in [-0.2, -0.15) is 0 Å². The monoisotopic (exact) mass is 277 g/mol. The molecule has 0 aromatic carbocycles. The number of nitrogens with zero attached hydrogens (tertiary/aromatic N) is 1. The summed E-state index contributed by atoms with van der Waals surface area (Å²) in [5.74, 6) is -2.38. The van der Waals surface area contributed by atoms with Crippen molar-refractivity contribution in [3.8, 4) is 0 Å². The van der Waals surface area contributed by atoms with Crippen LogP contribution in [0.1, 0.15) is 6.92 Å². The molecule has 2 heterocycles. The fourth-order valence-electron chi connectivity index (χ4n) is 2.49. The summed E-state index contributed by atoms with van der Waals surface area (Å²) in [5, 5.41) is 0. The second-order valence-electron chi connectivity index (χ2n) is 4.35. The lowest BCUT2D eigenvalue weighted by atomic mass is 9.79. The van der Waals surface area contributed by atoms with E-state index >= 15 is 0 Å². The Morgan fingerprint density at radius 1 is 1.15 bits per heavy atom. The molecule has 0 aromatic rings. The molecule has 0 saturated carbocycles. The Hall–Kier alpha value is -2.37. The Kier molecular flexibility index (Phi) is 3.74. The zero-order valence-electron chi connectivity index (χ0n) is 11.5. The van der Waals surface area contributed by atoms with Crippen LogP contribution in [0, 0.1) is 5.92 Å². The fraction of sp³-hybridized carbons (Fsp3) is 0.357. The highest BCUT2D eigenvalue weighted by Gasteiger charge is 2.47. The van der Waals surface area contributed by atoms with Gasteiger partial charge in [-0.15, -0.1) is 0 Å². The van der Waals surface area contributed by atoms with Gasteiger partial charge in [-0.05, 0) is 6.92 Å². The maximum Gasteiger partial charge on any atom is 0.336 e. The highest BCUT2D eigenvalue weighted by atomic mass is 16.5. The smallest absolute Gasteiger partial charge is 0.336 e. The van der Waals surface area contributed by atoms with Crippen molar-refractivity contribution in [2.75, 3.05) is 14.2 Å². The second-order valence-corrected chi connectivity index (χ2v) is 4.35. The van der Waals surface area contributed by atoms with Gasteiger partial charge in [0.1, 0.15) is 0 Å². The molecule has 6 heteroatoms. The molecule has 2 aliphatic heterocycles. The summed E-state index contributed by atoms with van der Waals surface area (Å²) in [6.07, 6.45) is 6.61. The lowest BCUT2D eigenvalue weighted by Gasteiger charge is -2.40. The summed E-state index contributed by atoms with van der Waals surface area (Å²) in [4.78, 5) is 37.6. The Balaban J connectivity index is 2.60. The fourth-order valence-corrected chi connectivity index (χ4v) is 2.49. The quantitative estimate of drug-likeness (QED) is 0.556. The van der Waals surface area contributed by atoms with Gasteiger partial charge in [-0.3, -0.25) is 4.79 Å². The summed E-state index contributed by atoms with van der Waals surface area (Å²) in [5.41, 5.74) is 0.224. The zero-order chi connectivity index (χ0) is 14.9. The number of hydrogen-bond acceptors (Lipinski definition) is 5. The van der Waals surface area contributed by atoms with Crippen LogP contribution in [-0.2, 0) is 23.9 Å². The largest absolute Gasteiger partial charge is 0.466 e. The number of esters is 2. The third-order valence-electron chi connectivity index (χ3n) is 3.32. The molecular formula is C14H15NO5. The van der Waals surface area contributed by atoms with Crippen molar-refractivity contribution in [1.29, 1.82) is 0 Å². The molecule has 2 unspecified atom stereocenters. The van der Waals surface area contributed by atoms with Gasteiger partial charge in [0.05, 0.1) is 37.3 Å². The molecule has 2 bridgehead atoms. The first-order valence-electron chi connectivity index (χ1n) is 6.10. The predicted molar refractivity (Wildman–Crippen MR) is 69.1 cm³/mol. The van der Waals surface area contributed by atoms with E-state index in [1.165, 1.54) is 19.1 Å². The normalized spacial score (nSPS) is 24.6. The van der Waals surface area contributed by atoms with Gasteiger partial charge in [-0.25, -0.2) is 9.59 Å². The molecule has 3 rings (SSSR count). The summed E-state index contributed by atoms with van der Waals surface area (Å²) in [7, 11) is 2.45. The van der Waals surface area contributed by atoms with Gasteiger partial charge in [0.2, 0.25) is 5.91 Å². The van der Waals surface area contributed by atoms with Crippen molar-refractivity contribution < 1.29 is 23.9 Å². The third kappa shape index (κ3) is 1.93. The van der Waals surface area contributed by atoms with Crippen LogP contribution in [-0.4, -0.2) is 43.0 Å². The molecule has 0 N–H and O–H groups in total. The van der Waals surface area contributed by atoms with E-state index in [1.807, 2.05) is 0 Å². The third-order valence-corrected chi connectivity index (χ3v) is 3.32.